The minimum atomic E-state index is -0.285. The summed E-state index contributed by atoms with van der Waals surface area (Å²) in [6.45, 7) is 9.91. The largest absolute Gasteiger partial charge is 0.494 e. The molecule has 0 atom stereocenters. The molecule has 1 aliphatic rings. The molecule has 0 aliphatic carbocycles. The number of hydrogen-bond donors (Lipinski definition) is 2. The molecule has 196 valence electrons. The summed E-state index contributed by atoms with van der Waals surface area (Å²) in [4.78, 5) is 27.9. The molecule has 0 spiro atoms. The van der Waals surface area contributed by atoms with Crippen LogP contribution in [-0.4, -0.2) is 89.9 Å². The molecule has 0 radical (unpaired) electrons. The van der Waals surface area contributed by atoms with Gasteiger partial charge in [-0.3, -0.25) is 4.79 Å². The van der Waals surface area contributed by atoms with E-state index in [-0.39, 0.29) is 5.91 Å². The van der Waals surface area contributed by atoms with Crippen molar-refractivity contribution in [1.82, 2.24) is 29.5 Å². The zero-order valence-electron chi connectivity index (χ0n) is 22.2. The number of carbonyl (C=O) groups is 1. The second kappa shape index (κ2) is 11.4. The molecule has 1 aromatic carbocycles. The van der Waals surface area contributed by atoms with Gasteiger partial charge in [0.2, 0.25) is 11.9 Å². The number of likely N-dealkylation sites (N-methyl/N-ethyl adjacent to an activating group) is 1. The highest BCUT2D eigenvalue weighted by Gasteiger charge is 2.21. The second-order valence-corrected chi connectivity index (χ2v) is 9.34. The fraction of sp³-hybridized carbons (Fsp3) is 0.385. The van der Waals surface area contributed by atoms with E-state index in [0.717, 1.165) is 49.7 Å². The Bertz CT molecular complexity index is 1260. The zero-order chi connectivity index (χ0) is 26.5. The topological polar surface area (TPSA) is 104 Å². The fourth-order valence-corrected chi connectivity index (χ4v) is 4.19. The minimum Gasteiger partial charge on any atom is -0.494 e. The van der Waals surface area contributed by atoms with Gasteiger partial charge in [0.05, 0.1) is 29.9 Å². The molecule has 2 aromatic heterocycles. The van der Waals surface area contributed by atoms with Gasteiger partial charge in [0.15, 0.2) is 5.82 Å². The zero-order valence-corrected chi connectivity index (χ0v) is 22.2. The summed E-state index contributed by atoms with van der Waals surface area (Å²) in [5, 5.41) is 10.8. The molecule has 4 rings (SSSR count). The number of aromatic nitrogens is 4. The normalized spacial score (nSPS) is 14.1. The van der Waals surface area contributed by atoms with Crippen LogP contribution in [0.2, 0.25) is 0 Å². The van der Waals surface area contributed by atoms with Crippen molar-refractivity contribution in [2.75, 3.05) is 70.0 Å². The highest BCUT2D eigenvalue weighted by Crippen LogP contribution is 2.38. The summed E-state index contributed by atoms with van der Waals surface area (Å²) in [6.07, 6.45) is 4.92. The van der Waals surface area contributed by atoms with Gasteiger partial charge in [-0.15, -0.1) is 0 Å². The number of amides is 1. The Kier molecular flexibility index (Phi) is 8.04. The van der Waals surface area contributed by atoms with Crippen LogP contribution in [0.1, 0.15) is 11.3 Å². The number of aryl methyl sites for hydroxylation is 1. The van der Waals surface area contributed by atoms with Crippen LogP contribution in [0, 0.1) is 6.92 Å². The Balaban J connectivity index is 1.66. The predicted molar refractivity (Wildman–Crippen MR) is 146 cm³/mol. The van der Waals surface area contributed by atoms with Crippen LogP contribution < -0.4 is 20.3 Å². The van der Waals surface area contributed by atoms with Crippen LogP contribution in [0.15, 0.2) is 43.2 Å². The average molecular weight is 506 g/mol. The first-order chi connectivity index (χ1) is 17.8. The lowest BCUT2D eigenvalue weighted by Crippen LogP contribution is -2.44. The highest BCUT2D eigenvalue weighted by atomic mass is 16.5. The lowest BCUT2D eigenvalue weighted by molar-refractivity contribution is -0.111. The van der Waals surface area contributed by atoms with E-state index in [9.17, 15) is 4.79 Å². The number of nitrogens with one attached hydrogen (secondary N) is 2. The molecule has 1 fully saturated rings. The quantitative estimate of drug-likeness (QED) is 0.425. The Morgan fingerprint density at radius 1 is 1.22 bits per heavy atom. The van der Waals surface area contributed by atoms with Crippen molar-refractivity contribution in [3.63, 3.8) is 0 Å². The first-order valence-corrected chi connectivity index (χ1v) is 12.2. The van der Waals surface area contributed by atoms with Crippen molar-refractivity contribution in [3.8, 4) is 11.6 Å². The molecule has 11 heteroatoms. The maximum Gasteiger partial charge on any atom is 0.247 e. The number of methoxy groups -OCH3 is 1. The number of hydrogen-bond acceptors (Lipinski definition) is 9. The van der Waals surface area contributed by atoms with Gasteiger partial charge in [-0.25, -0.2) is 9.67 Å². The van der Waals surface area contributed by atoms with Gasteiger partial charge in [0.1, 0.15) is 5.75 Å². The molecule has 0 saturated carbocycles. The molecular weight excluding hydrogens is 470 g/mol. The number of rotatable bonds is 9. The molecule has 1 amide bonds. The third-order valence-electron chi connectivity index (χ3n) is 6.21. The van der Waals surface area contributed by atoms with Crippen LogP contribution in [0.3, 0.4) is 0 Å². The molecular formula is C26H35N9O2. The molecule has 37 heavy (non-hydrogen) atoms. The summed E-state index contributed by atoms with van der Waals surface area (Å²) >= 11 is 0. The number of carbonyl (C=O) groups excluding carboxylic acids is 1. The minimum absolute atomic E-state index is 0.285. The van der Waals surface area contributed by atoms with Crippen LogP contribution in [0.4, 0.5) is 23.0 Å². The molecule has 3 aromatic rings. The number of ether oxygens (including phenoxy) is 1. The molecule has 1 saturated heterocycles. The van der Waals surface area contributed by atoms with Gasteiger partial charge in [-0.05, 0) is 40.2 Å². The molecule has 2 N–H and O–H groups in total. The van der Waals surface area contributed by atoms with E-state index in [1.54, 1.807) is 24.1 Å². The summed E-state index contributed by atoms with van der Waals surface area (Å²) < 4.78 is 7.47. The van der Waals surface area contributed by atoms with Crippen molar-refractivity contribution >= 4 is 28.9 Å². The van der Waals surface area contributed by atoms with Crippen LogP contribution in [-0.2, 0) is 11.3 Å². The first kappa shape index (κ1) is 26.1. The molecule has 0 unspecified atom stereocenters. The van der Waals surface area contributed by atoms with E-state index < -0.39 is 0 Å². The van der Waals surface area contributed by atoms with Gasteiger partial charge in [-0.2, -0.15) is 10.1 Å². The van der Waals surface area contributed by atoms with E-state index in [2.05, 4.69) is 54.0 Å². The average Bonchev–Trinajstić information content (AvgIpc) is 3.24. The van der Waals surface area contributed by atoms with E-state index in [1.807, 2.05) is 39.3 Å². The predicted octanol–water partition coefficient (Wildman–Crippen LogP) is 2.66. The molecule has 3 heterocycles. The lowest BCUT2D eigenvalue weighted by Gasteiger charge is -2.35. The molecule has 1 aliphatic heterocycles. The highest BCUT2D eigenvalue weighted by molar-refractivity contribution is 6.02. The third-order valence-corrected chi connectivity index (χ3v) is 6.21. The van der Waals surface area contributed by atoms with E-state index in [4.69, 9.17) is 4.74 Å². The van der Waals surface area contributed by atoms with Gasteiger partial charge >= 0.3 is 0 Å². The smallest absolute Gasteiger partial charge is 0.247 e. The van der Waals surface area contributed by atoms with Gasteiger partial charge in [-0.1, -0.05) is 6.58 Å². The van der Waals surface area contributed by atoms with Gasteiger partial charge < -0.3 is 30.1 Å². The number of benzene rings is 1. The van der Waals surface area contributed by atoms with Crippen LogP contribution in [0.5, 0.6) is 5.75 Å². The van der Waals surface area contributed by atoms with Gasteiger partial charge in [0, 0.05) is 62.8 Å². The van der Waals surface area contributed by atoms with Crippen LogP contribution in [0.25, 0.3) is 5.82 Å². The Morgan fingerprint density at radius 2 is 1.97 bits per heavy atom. The first-order valence-electron chi connectivity index (χ1n) is 12.2. The van der Waals surface area contributed by atoms with Gasteiger partial charge in [0.25, 0.3) is 0 Å². The number of piperazine rings is 1. The summed E-state index contributed by atoms with van der Waals surface area (Å²) in [5.41, 5.74) is 4.25. The Hall–Kier alpha value is -3.96. The molecule has 11 nitrogen and oxygen atoms in total. The third kappa shape index (κ3) is 6.25. The fourth-order valence-electron chi connectivity index (χ4n) is 4.19. The van der Waals surface area contributed by atoms with Crippen molar-refractivity contribution in [2.45, 2.75) is 13.5 Å². The second-order valence-electron chi connectivity index (χ2n) is 9.34. The van der Waals surface area contributed by atoms with Crippen LogP contribution >= 0.6 is 0 Å². The Labute approximate surface area is 217 Å². The summed E-state index contributed by atoms with van der Waals surface area (Å²) in [6, 6.07) is 5.58. The number of nitrogens with zero attached hydrogens (tertiary/aromatic N) is 7. The SMILES string of the molecule is C=CC(=O)Nc1cc(Nc2nccc(-n3cc(CN(C)C)c(C)n3)n2)c(OC)cc1N1CCN(C)CC1. The van der Waals surface area contributed by atoms with E-state index in [1.165, 1.54) is 6.08 Å². The lowest BCUT2D eigenvalue weighted by atomic mass is 10.1. The van der Waals surface area contributed by atoms with Crippen molar-refractivity contribution in [1.29, 1.82) is 0 Å². The van der Waals surface area contributed by atoms with Crippen molar-refractivity contribution in [2.24, 2.45) is 0 Å². The van der Waals surface area contributed by atoms with Crippen molar-refractivity contribution in [3.05, 3.63) is 54.5 Å². The maximum absolute atomic E-state index is 12.2. The molecule has 0 bridgehead atoms. The van der Waals surface area contributed by atoms with E-state index >= 15 is 0 Å². The standard InChI is InChI=1S/C26H35N9O2/c1-7-25(36)28-20-14-21(23(37-6)15-22(20)34-12-10-33(5)11-13-34)29-26-27-9-8-24(30-26)35-17-19(16-32(3)4)18(2)31-35/h7-9,14-15,17H,1,10-13,16H2,2-6H3,(H,28,36)(H,27,29,30). The summed E-state index contributed by atoms with van der Waals surface area (Å²) in [5.74, 6) is 1.35. The summed E-state index contributed by atoms with van der Waals surface area (Å²) in [7, 11) is 7.77. The Morgan fingerprint density at radius 3 is 2.65 bits per heavy atom. The maximum atomic E-state index is 12.2. The monoisotopic (exact) mass is 505 g/mol. The van der Waals surface area contributed by atoms with Crippen molar-refractivity contribution < 1.29 is 9.53 Å². The van der Waals surface area contributed by atoms with E-state index in [0.29, 0.717) is 28.9 Å². The number of anilines is 4.